The monoisotopic (exact) mass is 290 g/mol. The van der Waals surface area contributed by atoms with E-state index < -0.39 is 5.97 Å². The molecule has 2 rings (SSSR count). The van der Waals surface area contributed by atoms with Crippen molar-refractivity contribution in [3.8, 4) is 0 Å². The van der Waals surface area contributed by atoms with Gasteiger partial charge >= 0.3 is 5.97 Å². The van der Waals surface area contributed by atoms with Gasteiger partial charge in [-0.05, 0) is 54.7 Å². The van der Waals surface area contributed by atoms with E-state index in [-0.39, 0.29) is 0 Å². The largest absolute Gasteiger partial charge is 0.478 e. The van der Waals surface area contributed by atoms with Crippen molar-refractivity contribution in [2.75, 3.05) is 0 Å². The van der Waals surface area contributed by atoms with Gasteiger partial charge < -0.3 is 9.84 Å². The molecule has 3 nitrogen and oxygen atoms in total. The molecule has 0 aliphatic heterocycles. The van der Waals surface area contributed by atoms with Gasteiger partial charge in [-0.3, -0.25) is 0 Å². The van der Waals surface area contributed by atoms with Crippen LogP contribution in [-0.4, -0.2) is 17.2 Å². The van der Waals surface area contributed by atoms with Gasteiger partial charge in [0.05, 0.1) is 18.3 Å². The van der Waals surface area contributed by atoms with Crippen LogP contribution in [0.1, 0.15) is 62.4 Å². The van der Waals surface area contributed by atoms with Crippen LogP contribution in [0.25, 0.3) is 0 Å². The van der Waals surface area contributed by atoms with E-state index in [2.05, 4.69) is 20.8 Å². The molecule has 1 aromatic rings. The zero-order chi connectivity index (χ0) is 15.5. The van der Waals surface area contributed by atoms with Crippen molar-refractivity contribution in [1.29, 1.82) is 0 Å². The summed E-state index contributed by atoms with van der Waals surface area (Å²) in [6.45, 7) is 7.54. The van der Waals surface area contributed by atoms with Gasteiger partial charge in [-0.1, -0.05) is 32.9 Å². The lowest BCUT2D eigenvalue weighted by molar-refractivity contribution is -0.00582. The van der Waals surface area contributed by atoms with E-state index >= 15 is 0 Å². The van der Waals surface area contributed by atoms with E-state index in [1.807, 2.05) is 12.1 Å². The van der Waals surface area contributed by atoms with E-state index in [0.717, 1.165) is 24.3 Å². The maximum atomic E-state index is 10.8. The second kappa shape index (κ2) is 6.61. The fourth-order valence-corrected chi connectivity index (χ4v) is 3.05. The molecule has 0 amide bonds. The van der Waals surface area contributed by atoms with Crippen LogP contribution < -0.4 is 0 Å². The fourth-order valence-electron chi connectivity index (χ4n) is 3.05. The Bertz CT molecular complexity index is 462. The first-order valence-corrected chi connectivity index (χ1v) is 7.80. The third-order valence-corrected chi connectivity index (χ3v) is 4.59. The van der Waals surface area contributed by atoms with E-state index in [0.29, 0.717) is 23.7 Å². The van der Waals surface area contributed by atoms with Crippen LogP contribution in [0.3, 0.4) is 0 Å². The number of aromatic carboxylic acids is 1. The summed E-state index contributed by atoms with van der Waals surface area (Å²) < 4.78 is 5.98. The Balaban J connectivity index is 1.78. The summed E-state index contributed by atoms with van der Waals surface area (Å²) in [5.41, 5.74) is 1.76. The first-order chi connectivity index (χ1) is 9.86. The first-order valence-electron chi connectivity index (χ1n) is 7.80. The number of carboxylic acid groups (broad SMARTS) is 1. The van der Waals surface area contributed by atoms with Gasteiger partial charge in [0.15, 0.2) is 0 Å². The Morgan fingerprint density at radius 3 is 2.19 bits per heavy atom. The summed E-state index contributed by atoms with van der Waals surface area (Å²) in [5.74, 6) is -0.0878. The lowest BCUT2D eigenvalue weighted by atomic mass is 9.72. The Morgan fingerprint density at radius 2 is 1.71 bits per heavy atom. The molecule has 0 unspecified atom stereocenters. The Hall–Kier alpha value is -1.35. The lowest BCUT2D eigenvalue weighted by Gasteiger charge is -2.36. The van der Waals surface area contributed by atoms with Gasteiger partial charge in [0.2, 0.25) is 0 Å². The Kier molecular flexibility index (Phi) is 5.04. The van der Waals surface area contributed by atoms with Gasteiger partial charge in [-0.2, -0.15) is 0 Å². The molecule has 116 valence electrons. The van der Waals surface area contributed by atoms with Crippen molar-refractivity contribution >= 4 is 5.97 Å². The molecule has 1 fully saturated rings. The molecule has 1 aliphatic carbocycles. The van der Waals surface area contributed by atoms with Gasteiger partial charge in [-0.15, -0.1) is 0 Å². The average molecular weight is 290 g/mol. The lowest BCUT2D eigenvalue weighted by Crippen LogP contribution is -2.29. The minimum Gasteiger partial charge on any atom is -0.478 e. The van der Waals surface area contributed by atoms with Crippen LogP contribution >= 0.6 is 0 Å². The second-order valence-corrected chi connectivity index (χ2v) is 7.15. The molecule has 0 heterocycles. The third kappa shape index (κ3) is 4.57. The van der Waals surface area contributed by atoms with E-state index in [1.54, 1.807) is 12.1 Å². The minimum absolute atomic E-state index is 0.324. The number of benzene rings is 1. The van der Waals surface area contributed by atoms with Crippen LogP contribution in [0.5, 0.6) is 0 Å². The summed E-state index contributed by atoms with van der Waals surface area (Å²) in [7, 11) is 0. The van der Waals surface area contributed by atoms with Gasteiger partial charge in [0.25, 0.3) is 0 Å². The van der Waals surface area contributed by atoms with Crippen LogP contribution in [0, 0.1) is 11.3 Å². The number of carboxylic acids is 1. The normalized spacial score (nSPS) is 23.0. The average Bonchev–Trinajstić information content (AvgIpc) is 2.45. The molecule has 0 bridgehead atoms. The number of hydrogen-bond acceptors (Lipinski definition) is 2. The zero-order valence-corrected chi connectivity index (χ0v) is 13.3. The number of rotatable bonds is 4. The SMILES string of the molecule is CC(C)(C)C1CCC(OCc2ccc(C(=O)O)cc2)CC1. The topological polar surface area (TPSA) is 46.5 Å². The fraction of sp³-hybridized carbons (Fsp3) is 0.611. The van der Waals surface area contributed by atoms with Crippen LogP contribution in [0.15, 0.2) is 24.3 Å². The molecule has 21 heavy (non-hydrogen) atoms. The molecule has 1 aromatic carbocycles. The van der Waals surface area contributed by atoms with Crippen molar-refractivity contribution in [2.24, 2.45) is 11.3 Å². The summed E-state index contributed by atoms with van der Waals surface area (Å²) in [4.78, 5) is 10.8. The standard InChI is InChI=1S/C18H26O3/c1-18(2,3)15-8-10-16(11-9-15)21-12-13-4-6-14(7-5-13)17(19)20/h4-7,15-16H,8-12H2,1-3H3,(H,19,20). The summed E-state index contributed by atoms with van der Waals surface area (Å²) in [6.07, 6.45) is 5.10. The van der Waals surface area contributed by atoms with Gasteiger partial charge in [0, 0.05) is 0 Å². The summed E-state index contributed by atoms with van der Waals surface area (Å²) in [6, 6.07) is 6.95. The van der Waals surface area contributed by atoms with Crippen molar-refractivity contribution < 1.29 is 14.6 Å². The van der Waals surface area contributed by atoms with E-state index in [4.69, 9.17) is 9.84 Å². The van der Waals surface area contributed by atoms with Crippen LogP contribution in [0.4, 0.5) is 0 Å². The Morgan fingerprint density at radius 1 is 1.14 bits per heavy atom. The van der Waals surface area contributed by atoms with Crippen molar-refractivity contribution in [1.82, 2.24) is 0 Å². The zero-order valence-electron chi connectivity index (χ0n) is 13.3. The molecule has 3 heteroatoms. The van der Waals surface area contributed by atoms with Crippen LogP contribution in [-0.2, 0) is 11.3 Å². The summed E-state index contributed by atoms with van der Waals surface area (Å²) in [5, 5.41) is 8.87. The molecule has 0 radical (unpaired) electrons. The van der Waals surface area contributed by atoms with E-state index in [1.165, 1.54) is 12.8 Å². The Labute approximate surface area is 127 Å². The molecule has 0 spiro atoms. The maximum Gasteiger partial charge on any atom is 0.335 e. The van der Waals surface area contributed by atoms with Gasteiger partial charge in [-0.25, -0.2) is 4.79 Å². The van der Waals surface area contributed by atoms with Crippen molar-refractivity contribution in [3.63, 3.8) is 0 Å². The highest BCUT2D eigenvalue weighted by Crippen LogP contribution is 2.38. The summed E-state index contributed by atoms with van der Waals surface area (Å²) >= 11 is 0. The maximum absolute atomic E-state index is 10.8. The molecule has 1 aliphatic rings. The molecule has 0 atom stereocenters. The highest BCUT2D eigenvalue weighted by Gasteiger charge is 2.29. The second-order valence-electron chi connectivity index (χ2n) is 7.15. The minimum atomic E-state index is -0.886. The molecule has 0 saturated heterocycles. The van der Waals surface area contributed by atoms with Crippen molar-refractivity contribution in [3.05, 3.63) is 35.4 Å². The molecular formula is C18H26O3. The van der Waals surface area contributed by atoms with Gasteiger partial charge in [0.1, 0.15) is 0 Å². The van der Waals surface area contributed by atoms with E-state index in [9.17, 15) is 4.79 Å². The third-order valence-electron chi connectivity index (χ3n) is 4.59. The molecule has 1 N–H and O–H groups in total. The molecule has 1 saturated carbocycles. The van der Waals surface area contributed by atoms with Crippen molar-refractivity contribution in [2.45, 2.75) is 59.2 Å². The number of ether oxygens (including phenoxy) is 1. The first kappa shape index (κ1) is 16.0. The highest BCUT2D eigenvalue weighted by atomic mass is 16.5. The molecular weight excluding hydrogens is 264 g/mol. The predicted molar refractivity (Wildman–Crippen MR) is 83.4 cm³/mol. The number of carbonyl (C=O) groups is 1. The quantitative estimate of drug-likeness (QED) is 0.887. The highest BCUT2D eigenvalue weighted by molar-refractivity contribution is 5.87. The van der Waals surface area contributed by atoms with Crippen LogP contribution in [0.2, 0.25) is 0 Å². The number of hydrogen-bond donors (Lipinski definition) is 1. The predicted octanol–water partition coefficient (Wildman–Crippen LogP) is 4.51. The molecule has 0 aromatic heterocycles. The smallest absolute Gasteiger partial charge is 0.335 e.